The Hall–Kier alpha value is -4.35. The van der Waals surface area contributed by atoms with Gasteiger partial charge in [-0.05, 0) is 60.7 Å². The molecular formula is C24H19F4N3O5. The highest BCUT2D eigenvalue weighted by Crippen LogP contribution is 2.44. The van der Waals surface area contributed by atoms with Crippen LogP contribution < -0.4 is 25.3 Å². The topological polar surface area (TPSA) is 113 Å². The van der Waals surface area contributed by atoms with E-state index in [4.69, 9.17) is 15.2 Å². The molecule has 0 unspecified atom stereocenters. The van der Waals surface area contributed by atoms with E-state index in [9.17, 15) is 22.8 Å². The number of alkyl halides is 3. The van der Waals surface area contributed by atoms with Crippen LogP contribution in [0.2, 0.25) is 0 Å². The normalized spacial score (nSPS) is 13.1. The number of hydrogen-bond acceptors (Lipinski definition) is 6. The zero-order chi connectivity index (χ0) is 26.0. The lowest BCUT2D eigenvalue weighted by Gasteiger charge is -2.17. The van der Waals surface area contributed by atoms with Crippen LogP contribution in [-0.4, -0.2) is 30.3 Å². The summed E-state index contributed by atoms with van der Waals surface area (Å²) in [5, 5.41) is 2.47. The van der Waals surface area contributed by atoms with Crippen LogP contribution in [0.15, 0.2) is 48.7 Å². The maximum Gasteiger partial charge on any atom is 0.573 e. The maximum atomic E-state index is 15.2. The Labute approximate surface area is 202 Å². The number of nitrogens with one attached hydrogen (secondary N) is 1. The zero-order valence-electron chi connectivity index (χ0n) is 18.7. The van der Waals surface area contributed by atoms with Crippen molar-refractivity contribution >= 4 is 17.5 Å². The number of methoxy groups -OCH3 is 1. The molecule has 2 amide bonds. The van der Waals surface area contributed by atoms with Crippen molar-refractivity contribution in [1.82, 2.24) is 4.98 Å². The standard InChI is InChI=1S/C24H19F4N3O5/c1-34-19-11-15(36-24(26,27)28)4-5-18(19)35-20-9-13(12-2-3-12)8-16(25)21(20)23(33)31-14-6-7-30-17(10-14)22(29)32/h4-12H,2-3H2,1H3,(H2,29,32)(H,30,31,33). The average Bonchev–Trinajstić information content (AvgIpc) is 3.64. The minimum Gasteiger partial charge on any atom is -0.493 e. The number of nitrogens with two attached hydrogens (primary N) is 1. The van der Waals surface area contributed by atoms with Gasteiger partial charge in [-0.3, -0.25) is 14.6 Å². The van der Waals surface area contributed by atoms with Crippen molar-refractivity contribution in [3.8, 4) is 23.0 Å². The van der Waals surface area contributed by atoms with Crippen molar-refractivity contribution in [3.63, 3.8) is 0 Å². The number of ether oxygens (including phenoxy) is 3. The third-order valence-corrected chi connectivity index (χ3v) is 5.21. The second-order valence-electron chi connectivity index (χ2n) is 7.86. The number of anilines is 1. The summed E-state index contributed by atoms with van der Waals surface area (Å²) in [6, 6.07) is 8.42. The first-order valence-corrected chi connectivity index (χ1v) is 10.6. The molecule has 0 aliphatic heterocycles. The van der Waals surface area contributed by atoms with E-state index in [1.807, 2.05) is 0 Å². The van der Waals surface area contributed by atoms with Crippen LogP contribution in [0.1, 0.15) is 45.2 Å². The number of amides is 2. The summed E-state index contributed by atoms with van der Waals surface area (Å²) in [7, 11) is 1.20. The number of primary amides is 1. The van der Waals surface area contributed by atoms with Crippen molar-refractivity contribution in [2.75, 3.05) is 12.4 Å². The van der Waals surface area contributed by atoms with Gasteiger partial charge in [0.15, 0.2) is 11.5 Å². The van der Waals surface area contributed by atoms with E-state index in [-0.39, 0.29) is 34.5 Å². The summed E-state index contributed by atoms with van der Waals surface area (Å²) < 4.78 is 67.7. The molecule has 1 aliphatic carbocycles. The van der Waals surface area contributed by atoms with Crippen molar-refractivity contribution in [1.29, 1.82) is 0 Å². The van der Waals surface area contributed by atoms with Gasteiger partial charge in [0.25, 0.3) is 11.8 Å². The molecule has 1 heterocycles. The van der Waals surface area contributed by atoms with Gasteiger partial charge in [-0.15, -0.1) is 13.2 Å². The van der Waals surface area contributed by atoms with Crippen molar-refractivity contribution in [2.24, 2.45) is 5.73 Å². The lowest BCUT2D eigenvalue weighted by molar-refractivity contribution is -0.274. The summed E-state index contributed by atoms with van der Waals surface area (Å²) >= 11 is 0. The first-order chi connectivity index (χ1) is 17.0. The SMILES string of the molecule is COc1cc(OC(F)(F)F)ccc1Oc1cc(C2CC2)cc(F)c1C(=O)Nc1ccnc(C(N)=O)c1. The van der Waals surface area contributed by atoms with Crippen LogP contribution in [0, 0.1) is 5.82 Å². The minimum atomic E-state index is -4.91. The molecule has 1 fully saturated rings. The minimum absolute atomic E-state index is 0.0756. The van der Waals surface area contributed by atoms with E-state index < -0.39 is 35.3 Å². The summed E-state index contributed by atoms with van der Waals surface area (Å²) in [6.45, 7) is 0. The number of nitrogens with zero attached hydrogens (tertiary/aromatic N) is 1. The molecule has 0 spiro atoms. The predicted octanol–water partition coefficient (Wildman–Crippen LogP) is 5.15. The third-order valence-electron chi connectivity index (χ3n) is 5.21. The van der Waals surface area contributed by atoms with Crippen LogP contribution in [0.5, 0.6) is 23.0 Å². The number of halogens is 4. The molecule has 0 atom stereocenters. The summed E-state index contributed by atoms with van der Waals surface area (Å²) in [6.07, 6.45) is -1.99. The van der Waals surface area contributed by atoms with Crippen molar-refractivity contribution in [3.05, 3.63) is 71.3 Å². The molecule has 0 radical (unpaired) electrons. The zero-order valence-corrected chi connectivity index (χ0v) is 18.7. The molecule has 0 bridgehead atoms. The lowest BCUT2D eigenvalue weighted by atomic mass is 10.0. The molecule has 12 heteroatoms. The molecule has 4 rings (SSSR count). The van der Waals surface area contributed by atoms with E-state index in [0.717, 1.165) is 31.0 Å². The fraction of sp³-hybridized carbons (Fsp3) is 0.208. The molecule has 1 saturated carbocycles. The van der Waals surface area contributed by atoms with Gasteiger partial charge in [0.05, 0.1) is 7.11 Å². The molecule has 36 heavy (non-hydrogen) atoms. The molecule has 1 aliphatic rings. The number of rotatable bonds is 8. The van der Waals surface area contributed by atoms with Gasteiger partial charge in [-0.1, -0.05) is 0 Å². The largest absolute Gasteiger partial charge is 0.573 e. The van der Waals surface area contributed by atoms with Gasteiger partial charge in [0, 0.05) is 18.0 Å². The average molecular weight is 505 g/mol. The van der Waals surface area contributed by atoms with Crippen LogP contribution >= 0.6 is 0 Å². The lowest BCUT2D eigenvalue weighted by Crippen LogP contribution is -2.17. The molecule has 3 N–H and O–H groups in total. The first kappa shape index (κ1) is 24.8. The molecule has 3 aromatic rings. The van der Waals surface area contributed by atoms with Gasteiger partial charge in [0.2, 0.25) is 0 Å². The second kappa shape index (κ2) is 9.72. The quantitative estimate of drug-likeness (QED) is 0.410. The van der Waals surface area contributed by atoms with E-state index in [1.54, 1.807) is 0 Å². The number of benzene rings is 2. The maximum absolute atomic E-state index is 15.2. The molecule has 8 nitrogen and oxygen atoms in total. The Morgan fingerprint density at radius 2 is 1.81 bits per heavy atom. The highest BCUT2D eigenvalue weighted by molar-refractivity contribution is 6.07. The van der Waals surface area contributed by atoms with E-state index >= 15 is 4.39 Å². The van der Waals surface area contributed by atoms with Crippen LogP contribution in [-0.2, 0) is 0 Å². The van der Waals surface area contributed by atoms with Gasteiger partial charge in [0.1, 0.15) is 28.6 Å². The van der Waals surface area contributed by atoms with Crippen LogP contribution in [0.3, 0.4) is 0 Å². The Bertz CT molecular complexity index is 1330. The Balaban J connectivity index is 1.69. The van der Waals surface area contributed by atoms with Gasteiger partial charge in [-0.25, -0.2) is 4.39 Å². The monoisotopic (exact) mass is 505 g/mol. The molecule has 0 saturated heterocycles. The van der Waals surface area contributed by atoms with Crippen LogP contribution in [0.25, 0.3) is 0 Å². The number of hydrogen-bond donors (Lipinski definition) is 2. The fourth-order valence-electron chi connectivity index (χ4n) is 3.44. The highest BCUT2D eigenvalue weighted by Gasteiger charge is 2.32. The second-order valence-corrected chi connectivity index (χ2v) is 7.86. The number of pyridine rings is 1. The summed E-state index contributed by atoms with van der Waals surface area (Å²) in [5.41, 5.74) is 5.37. The molecular weight excluding hydrogens is 486 g/mol. The fourth-order valence-corrected chi connectivity index (χ4v) is 3.44. The van der Waals surface area contributed by atoms with Crippen molar-refractivity contribution in [2.45, 2.75) is 25.1 Å². The van der Waals surface area contributed by atoms with E-state index in [2.05, 4.69) is 15.0 Å². The third kappa shape index (κ3) is 5.82. The Kier molecular flexibility index (Phi) is 6.69. The molecule has 2 aromatic carbocycles. The Morgan fingerprint density at radius 1 is 1.06 bits per heavy atom. The Morgan fingerprint density at radius 3 is 2.44 bits per heavy atom. The van der Waals surface area contributed by atoms with Gasteiger partial charge >= 0.3 is 6.36 Å². The van der Waals surface area contributed by atoms with E-state index in [1.165, 1.54) is 37.6 Å². The van der Waals surface area contributed by atoms with E-state index in [0.29, 0.717) is 5.56 Å². The highest BCUT2D eigenvalue weighted by atomic mass is 19.4. The summed E-state index contributed by atoms with van der Waals surface area (Å²) in [4.78, 5) is 28.2. The van der Waals surface area contributed by atoms with Crippen molar-refractivity contribution < 1.29 is 41.4 Å². The smallest absolute Gasteiger partial charge is 0.493 e. The summed E-state index contributed by atoms with van der Waals surface area (Å²) in [5.74, 6) is -3.43. The van der Waals surface area contributed by atoms with Crippen LogP contribution in [0.4, 0.5) is 23.2 Å². The number of aromatic nitrogens is 1. The molecule has 1 aromatic heterocycles. The number of carbonyl (C=O) groups excluding carboxylic acids is 2. The predicted molar refractivity (Wildman–Crippen MR) is 119 cm³/mol. The van der Waals surface area contributed by atoms with Gasteiger partial charge < -0.3 is 25.3 Å². The first-order valence-electron chi connectivity index (χ1n) is 10.6. The number of carbonyl (C=O) groups is 2. The van der Waals surface area contributed by atoms with Gasteiger partial charge in [-0.2, -0.15) is 0 Å². The molecule has 188 valence electrons.